The van der Waals surface area contributed by atoms with Crippen LogP contribution >= 0.6 is 0 Å². The Bertz CT molecular complexity index is 538. The van der Waals surface area contributed by atoms with Crippen molar-refractivity contribution in [2.45, 2.75) is 57.0 Å². The Labute approximate surface area is 140 Å². The third-order valence-corrected chi connectivity index (χ3v) is 6.13. The number of ether oxygens (including phenoxy) is 1. The van der Waals surface area contributed by atoms with Crippen molar-refractivity contribution in [1.29, 1.82) is 0 Å². The van der Waals surface area contributed by atoms with Gasteiger partial charge >= 0.3 is 0 Å². The molecule has 0 spiro atoms. The second-order valence-electron chi connectivity index (χ2n) is 7.56. The average Bonchev–Trinajstić information content (AvgIpc) is 3.20. The average molecular weight is 314 g/mol. The van der Waals surface area contributed by atoms with Crippen LogP contribution in [-0.2, 0) is 6.42 Å². The minimum absolute atomic E-state index is 0.602. The van der Waals surface area contributed by atoms with Crippen LogP contribution in [0.1, 0.15) is 55.7 Å². The molecular formula is C20H30N2O. The van der Waals surface area contributed by atoms with Crippen LogP contribution in [0.25, 0.3) is 0 Å². The Morgan fingerprint density at radius 1 is 1.04 bits per heavy atom. The molecule has 4 rings (SSSR count). The smallest absolute Gasteiger partial charge is 0.122 e. The molecule has 2 fully saturated rings. The highest BCUT2D eigenvalue weighted by atomic mass is 16.5. The molecule has 1 aromatic rings. The summed E-state index contributed by atoms with van der Waals surface area (Å²) in [6.07, 6.45) is 9.21. The van der Waals surface area contributed by atoms with E-state index >= 15 is 0 Å². The molecule has 0 radical (unpaired) electrons. The first-order chi connectivity index (χ1) is 11.3. The molecule has 1 aliphatic carbocycles. The Hall–Kier alpha value is -1.06. The van der Waals surface area contributed by atoms with Crippen LogP contribution in [0.15, 0.2) is 18.2 Å². The van der Waals surface area contributed by atoms with Crippen molar-refractivity contribution >= 4 is 0 Å². The molecule has 0 saturated carbocycles. The number of benzene rings is 1. The van der Waals surface area contributed by atoms with Crippen LogP contribution in [0.5, 0.6) is 5.75 Å². The summed E-state index contributed by atoms with van der Waals surface area (Å²) in [4.78, 5) is 5.16. The lowest BCUT2D eigenvalue weighted by Gasteiger charge is -2.32. The van der Waals surface area contributed by atoms with Crippen molar-refractivity contribution in [3.05, 3.63) is 29.3 Å². The van der Waals surface area contributed by atoms with Gasteiger partial charge in [-0.3, -0.25) is 4.90 Å². The summed E-state index contributed by atoms with van der Waals surface area (Å²) in [6.45, 7) is 4.63. The zero-order chi connectivity index (χ0) is 15.6. The monoisotopic (exact) mass is 314 g/mol. The van der Waals surface area contributed by atoms with E-state index in [0.717, 1.165) is 12.4 Å². The Morgan fingerprint density at radius 3 is 2.70 bits per heavy atom. The molecule has 0 N–H and O–H groups in total. The molecule has 2 heterocycles. The summed E-state index contributed by atoms with van der Waals surface area (Å²) >= 11 is 0. The molecule has 126 valence electrons. The van der Waals surface area contributed by atoms with Crippen molar-refractivity contribution in [1.82, 2.24) is 9.80 Å². The van der Waals surface area contributed by atoms with Gasteiger partial charge in [-0.05, 0) is 82.4 Å². The van der Waals surface area contributed by atoms with Crippen LogP contribution in [0.4, 0.5) is 0 Å². The molecule has 23 heavy (non-hydrogen) atoms. The first-order valence-corrected chi connectivity index (χ1v) is 9.52. The first-order valence-electron chi connectivity index (χ1n) is 9.52. The molecule has 2 atom stereocenters. The predicted molar refractivity (Wildman–Crippen MR) is 94.1 cm³/mol. The maximum Gasteiger partial charge on any atom is 0.122 e. The van der Waals surface area contributed by atoms with Crippen LogP contribution in [0.2, 0.25) is 0 Å². The lowest BCUT2D eigenvalue weighted by atomic mass is 10.0. The minimum atomic E-state index is 0.602. The number of piperidine rings is 1. The number of nitrogens with zero attached hydrogens (tertiary/aromatic N) is 2. The molecule has 0 amide bonds. The van der Waals surface area contributed by atoms with Gasteiger partial charge in [-0.15, -0.1) is 0 Å². The van der Waals surface area contributed by atoms with Crippen molar-refractivity contribution in [2.75, 3.05) is 33.3 Å². The molecule has 2 unspecified atom stereocenters. The molecule has 0 bridgehead atoms. The lowest BCUT2D eigenvalue weighted by molar-refractivity contribution is 0.163. The number of likely N-dealkylation sites (tertiary alicyclic amines) is 2. The van der Waals surface area contributed by atoms with Gasteiger partial charge in [-0.2, -0.15) is 0 Å². The van der Waals surface area contributed by atoms with E-state index in [9.17, 15) is 0 Å². The highest BCUT2D eigenvalue weighted by molar-refractivity contribution is 5.45. The zero-order valence-corrected chi connectivity index (χ0v) is 14.5. The SMILES string of the molecule is CN1CCCC1COc1cccc2c1CCC2N1CCCCC1. The Balaban J connectivity index is 1.46. The van der Waals surface area contributed by atoms with Crippen molar-refractivity contribution in [3.63, 3.8) is 0 Å². The van der Waals surface area contributed by atoms with E-state index in [0.29, 0.717) is 12.1 Å². The Morgan fingerprint density at radius 2 is 1.91 bits per heavy atom. The van der Waals surface area contributed by atoms with Crippen LogP contribution in [-0.4, -0.2) is 49.1 Å². The van der Waals surface area contributed by atoms with E-state index in [2.05, 4.69) is 35.0 Å². The first kappa shape index (κ1) is 15.5. The van der Waals surface area contributed by atoms with Crippen molar-refractivity contribution in [2.24, 2.45) is 0 Å². The fourth-order valence-corrected chi connectivity index (χ4v) is 4.72. The molecule has 3 nitrogen and oxygen atoms in total. The van der Waals surface area contributed by atoms with Gasteiger partial charge in [0.2, 0.25) is 0 Å². The number of fused-ring (bicyclic) bond motifs is 1. The minimum Gasteiger partial charge on any atom is -0.492 e. The van der Waals surface area contributed by atoms with Gasteiger partial charge in [-0.1, -0.05) is 18.6 Å². The quantitative estimate of drug-likeness (QED) is 0.844. The highest BCUT2D eigenvalue weighted by Crippen LogP contribution is 2.41. The van der Waals surface area contributed by atoms with Gasteiger partial charge in [-0.25, -0.2) is 0 Å². The van der Waals surface area contributed by atoms with Gasteiger partial charge < -0.3 is 9.64 Å². The van der Waals surface area contributed by atoms with Crippen LogP contribution in [0, 0.1) is 0 Å². The summed E-state index contributed by atoms with van der Waals surface area (Å²) in [7, 11) is 2.23. The molecule has 3 aliphatic rings. The zero-order valence-electron chi connectivity index (χ0n) is 14.5. The molecule has 0 aromatic heterocycles. The van der Waals surface area contributed by atoms with E-state index in [1.165, 1.54) is 70.1 Å². The molecule has 2 aliphatic heterocycles. The van der Waals surface area contributed by atoms with Gasteiger partial charge in [0.25, 0.3) is 0 Å². The van der Waals surface area contributed by atoms with E-state index in [-0.39, 0.29) is 0 Å². The number of hydrogen-bond donors (Lipinski definition) is 0. The lowest BCUT2D eigenvalue weighted by Crippen LogP contribution is -2.32. The largest absolute Gasteiger partial charge is 0.492 e. The third-order valence-electron chi connectivity index (χ3n) is 6.13. The van der Waals surface area contributed by atoms with Crippen LogP contribution in [0.3, 0.4) is 0 Å². The van der Waals surface area contributed by atoms with Gasteiger partial charge in [0, 0.05) is 12.1 Å². The second-order valence-corrected chi connectivity index (χ2v) is 7.56. The normalized spacial score (nSPS) is 28.9. The number of likely N-dealkylation sites (N-methyl/N-ethyl adjacent to an activating group) is 1. The molecule has 1 aromatic carbocycles. The van der Waals surface area contributed by atoms with Crippen molar-refractivity contribution < 1.29 is 4.74 Å². The summed E-state index contributed by atoms with van der Waals surface area (Å²) in [5.41, 5.74) is 3.04. The fraction of sp³-hybridized carbons (Fsp3) is 0.700. The summed E-state index contributed by atoms with van der Waals surface area (Å²) in [6, 6.07) is 7.98. The number of rotatable bonds is 4. The molecule has 2 saturated heterocycles. The maximum absolute atomic E-state index is 6.28. The van der Waals surface area contributed by atoms with E-state index < -0.39 is 0 Å². The summed E-state index contributed by atoms with van der Waals surface area (Å²) in [5, 5.41) is 0. The molecule has 3 heteroatoms. The third kappa shape index (κ3) is 3.14. The number of hydrogen-bond acceptors (Lipinski definition) is 3. The summed E-state index contributed by atoms with van der Waals surface area (Å²) in [5.74, 6) is 1.15. The van der Waals surface area contributed by atoms with Crippen molar-refractivity contribution in [3.8, 4) is 5.75 Å². The van der Waals surface area contributed by atoms with E-state index in [4.69, 9.17) is 4.74 Å². The van der Waals surface area contributed by atoms with Gasteiger partial charge in [0.1, 0.15) is 12.4 Å². The second kappa shape index (κ2) is 6.82. The topological polar surface area (TPSA) is 15.7 Å². The van der Waals surface area contributed by atoms with E-state index in [1.54, 1.807) is 5.56 Å². The van der Waals surface area contributed by atoms with Crippen LogP contribution < -0.4 is 4.74 Å². The maximum atomic E-state index is 6.28. The van der Waals surface area contributed by atoms with E-state index in [1.807, 2.05) is 0 Å². The standard InChI is InChI=1S/C20H30N2O/c1-21-12-6-7-16(21)15-23-20-9-5-8-17-18(20)10-11-19(17)22-13-3-2-4-14-22/h5,8-9,16,19H,2-4,6-7,10-15H2,1H3. The van der Waals surface area contributed by atoms with Gasteiger partial charge in [0.05, 0.1) is 0 Å². The molecular weight excluding hydrogens is 284 g/mol. The predicted octanol–water partition coefficient (Wildman–Crippen LogP) is 3.63. The highest BCUT2D eigenvalue weighted by Gasteiger charge is 2.31. The summed E-state index contributed by atoms with van der Waals surface area (Å²) < 4.78 is 6.28. The Kier molecular flexibility index (Phi) is 4.59. The van der Waals surface area contributed by atoms with Gasteiger partial charge in [0.15, 0.2) is 0 Å². The fourth-order valence-electron chi connectivity index (χ4n) is 4.72.